The lowest BCUT2D eigenvalue weighted by Gasteiger charge is -2.26. The molecule has 3 rings (SSSR count). The molecule has 5 nitrogen and oxygen atoms in total. The highest BCUT2D eigenvalue weighted by molar-refractivity contribution is 5.67. The normalized spacial score (nSPS) is 14.4. The van der Waals surface area contributed by atoms with Crippen LogP contribution in [0, 0.1) is 11.6 Å². The molecule has 2 aromatic rings. The lowest BCUT2D eigenvalue weighted by Crippen LogP contribution is -2.37. The fourth-order valence-electron chi connectivity index (χ4n) is 2.45. The molecule has 0 bridgehead atoms. The van der Waals surface area contributed by atoms with Crippen LogP contribution < -0.4 is 0 Å². The molecule has 0 aliphatic carbocycles. The van der Waals surface area contributed by atoms with Crippen molar-refractivity contribution >= 4 is 18.2 Å². The summed E-state index contributed by atoms with van der Waals surface area (Å²) < 4.78 is 28.2. The fourth-order valence-corrected chi connectivity index (χ4v) is 2.45. The zero-order valence-corrected chi connectivity index (χ0v) is 11.5. The number of rotatable bonds is 2. The van der Waals surface area contributed by atoms with Crippen molar-refractivity contribution in [3.63, 3.8) is 0 Å². The van der Waals surface area contributed by atoms with E-state index in [1.54, 1.807) is 18.3 Å². The number of nitrogens with zero attached hydrogens (tertiary/aromatic N) is 3. The van der Waals surface area contributed by atoms with E-state index in [4.69, 9.17) is 5.11 Å². The van der Waals surface area contributed by atoms with E-state index in [-0.39, 0.29) is 6.54 Å². The molecule has 0 saturated heterocycles. The molecule has 2 heterocycles. The summed E-state index contributed by atoms with van der Waals surface area (Å²) in [6, 6.07) is 3.27. The van der Waals surface area contributed by atoms with Crippen molar-refractivity contribution in [2.45, 2.75) is 13.1 Å². The first-order chi connectivity index (χ1) is 10.5. The first-order valence-electron chi connectivity index (χ1n) is 6.69. The van der Waals surface area contributed by atoms with Crippen molar-refractivity contribution in [1.29, 1.82) is 0 Å². The van der Waals surface area contributed by atoms with Gasteiger partial charge in [0.2, 0.25) is 0 Å². The molecule has 0 spiro atoms. The zero-order chi connectivity index (χ0) is 15.7. The fraction of sp³-hybridized carbons (Fsp3) is 0.200. The zero-order valence-electron chi connectivity index (χ0n) is 11.5. The number of imidazole rings is 1. The van der Waals surface area contributed by atoms with Crippen molar-refractivity contribution < 1.29 is 18.7 Å². The number of amides is 1. The van der Waals surface area contributed by atoms with E-state index >= 15 is 0 Å². The maximum atomic E-state index is 13.1. The Morgan fingerprint density at radius 1 is 1.18 bits per heavy atom. The Morgan fingerprint density at radius 3 is 2.59 bits per heavy atom. The van der Waals surface area contributed by atoms with Gasteiger partial charge in [-0.05, 0) is 23.8 Å². The quantitative estimate of drug-likeness (QED) is 0.928. The summed E-state index contributed by atoms with van der Waals surface area (Å²) in [6.07, 6.45) is 3.89. The van der Waals surface area contributed by atoms with Crippen molar-refractivity contribution in [2.24, 2.45) is 0 Å². The van der Waals surface area contributed by atoms with E-state index in [0.717, 1.165) is 11.8 Å². The van der Waals surface area contributed by atoms with Gasteiger partial charge in [0.25, 0.3) is 0 Å². The highest BCUT2D eigenvalue weighted by atomic mass is 19.1. The Hall–Kier alpha value is -2.70. The lowest BCUT2D eigenvalue weighted by atomic mass is 10.2. The smallest absolute Gasteiger partial charge is 0.407 e. The van der Waals surface area contributed by atoms with Crippen LogP contribution in [-0.4, -0.2) is 32.2 Å². The molecule has 1 aliphatic rings. The third kappa shape index (κ3) is 2.83. The van der Waals surface area contributed by atoms with Gasteiger partial charge in [0, 0.05) is 19.2 Å². The largest absolute Gasteiger partial charge is 0.465 e. The molecule has 1 N–H and O–H groups in total. The molecule has 7 heteroatoms. The van der Waals surface area contributed by atoms with Crippen LogP contribution >= 0.6 is 0 Å². The Labute approximate surface area is 125 Å². The van der Waals surface area contributed by atoms with E-state index in [9.17, 15) is 13.6 Å². The number of benzene rings is 1. The van der Waals surface area contributed by atoms with Crippen LogP contribution in [0.25, 0.3) is 12.2 Å². The second-order valence-corrected chi connectivity index (χ2v) is 5.00. The monoisotopic (exact) mass is 305 g/mol. The summed E-state index contributed by atoms with van der Waals surface area (Å²) in [5, 5.41) is 8.99. The second-order valence-electron chi connectivity index (χ2n) is 5.00. The Balaban J connectivity index is 1.83. The molecule has 1 amide bonds. The topological polar surface area (TPSA) is 58.4 Å². The van der Waals surface area contributed by atoms with Gasteiger partial charge >= 0.3 is 6.09 Å². The molecule has 1 aromatic heterocycles. The molecule has 1 aromatic carbocycles. The van der Waals surface area contributed by atoms with Crippen LogP contribution in [0.5, 0.6) is 0 Å². The lowest BCUT2D eigenvalue weighted by molar-refractivity contribution is 0.132. The number of halogens is 2. The third-order valence-corrected chi connectivity index (χ3v) is 3.50. The van der Waals surface area contributed by atoms with Crippen molar-refractivity contribution in [3.05, 3.63) is 53.1 Å². The van der Waals surface area contributed by atoms with Crippen LogP contribution in [0.2, 0.25) is 0 Å². The molecular weight excluding hydrogens is 292 g/mol. The van der Waals surface area contributed by atoms with Gasteiger partial charge in [-0.15, -0.1) is 0 Å². The van der Waals surface area contributed by atoms with Crippen LogP contribution in [0.1, 0.15) is 17.1 Å². The number of hydrogen-bond acceptors (Lipinski definition) is 2. The van der Waals surface area contributed by atoms with E-state index in [1.807, 2.05) is 4.57 Å². The maximum Gasteiger partial charge on any atom is 0.407 e. The minimum Gasteiger partial charge on any atom is -0.465 e. The summed E-state index contributed by atoms with van der Waals surface area (Å²) >= 11 is 0. The van der Waals surface area contributed by atoms with E-state index in [1.165, 1.54) is 17.0 Å². The van der Waals surface area contributed by atoms with E-state index < -0.39 is 17.7 Å². The molecule has 0 saturated carbocycles. The predicted molar refractivity (Wildman–Crippen MR) is 75.9 cm³/mol. The average Bonchev–Trinajstić information content (AvgIpc) is 2.86. The van der Waals surface area contributed by atoms with Gasteiger partial charge in [0.05, 0.1) is 18.4 Å². The number of hydrogen-bond donors (Lipinski definition) is 1. The first-order valence-corrected chi connectivity index (χ1v) is 6.69. The number of fused-ring (bicyclic) bond motifs is 1. The van der Waals surface area contributed by atoms with Gasteiger partial charge in [-0.25, -0.2) is 18.6 Å². The molecule has 1 aliphatic heterocycles. The molecule has 22 heavy (non-hydrogen) atoms. The minimum atomic E-state index is -0.959. The van der Waals surface area contributed by atoms with Crippen molar-refractivity contribution in [2.75, 3.05) is 6.54 Å². The van der Waals surface area contributed by atoms with Gasteiger partial charge in [-0.1, -0.05) is 6.08 Å². The summed E-state index contributed by atoms with van der Waals surface area (Å²) in [6.45, 7) is 1.16. The van der Waals surface area contributed by atoms with Gasteiger partial charge in [0.15, 0.2) is 0 Å². The van der Waals surface area contributed by atoms with Crippen LogP contribution in [-0.2, 0) is 13.1 Å². The standard InChI is InChI=1S/C15H13F2N3O2/c16-11-5-10(6-12(17)7-11)1-2-14-18-8-13-9-19(15(21)22)3-4-20(13)14/h1-2,5-8H,3-4,9H2,(H,21,22). The number of carbonyl (C=O) groups is 1. The summed E-state index contributed by atoms with van der Waals surface area (Å²) in [5.41, 5.74) is 1.19. The molecule has 0 unspecified atom stereocenters. The average molecular weight is 305 g/mol. The molecular formula is C15H13F2N3O2. The third-order valence-electron chi connectivity index (χ3n) is 3.50. The SMILES string of the molecule is O=C(O)N1CCn2c(cnc2C=Cc2cc(F)cc(F)c2)C1. The summed E-state index contributed by atoms with van der Waals surface area (Å²) in [4.78, 5) is 16.5. The molecule has 0 fully saturated rings. The Kier molecular flexibility index (Phi) is 3.62. The molecule has 0 radical (unpaired) electrons. The van der Waals surface area contributed by atoms with Crippen molar-refractivity contribution in [1.82, 2.24) is 14.5 Å². The van der Waals surface area contributed by atoms with Crippen molar-refractivity contribution in [3.8, 4) is 0 Å². The van der Waals surface area contributed by atoms with Crippen LogP contribution in [0.3, 0.4) is 0 Å². The summed E-state index contributed by atoms with van der Waals surface area (Å²) in [5.74, 6) is -0.645. The first kappa shape index (κ1) is 14.2. The maximum absolute atomic E-state index is 13.1. The Morgan fingerprint density at radius 2 is 1.91 bits per heavy atom. The highest BCUT2D eigenvalue weighted by Crippen LogP contribution is 2.17. The summed E-state index contributed by atoms with van der Waals surface area (Å²) in [7, 11) is 0. The molecule has 0 atom stereocenters. The predicted octanol–water partition coefficient (Wildman–Crippen LogP) is 2.83. The van der Waals surface area contributed by atoms with Gasteiger partial charge < -0.3 is 14.6 Å². The van der Waals surface area contributed by atoms with E-state index in [0.29, 0.717) is 24.5 Å². The van der Waals surface area contributed by atoms with Gasteiger partial charge in [-0.2, -0.15) is 0 Å². The van der Waals surface area contributed by atoms with Crippen LogP contribution in [0.4, 0.5) is 13.6 Å². The molecule has 114 valence electrons. The minimum absolute atomic E-state index is 0.283. The second kappa shape index (κ2) is 5.59. The number of carboxylic acid groups (broad SMARTS) is 1. The van der Waals surface area contributed by atoms with E-state index in [2.05, 4.69) is 4.98 Å². The van der Waals surface area contributed by atoms with Gasteiger partial charge in [-0.3, -0.25) is 0 Å². The highest BCUT2D eigenvalue weighted by Gasteiger charge is 2.21. The van der Waals surface area contributed by atoms with Crippen LogP contribution in [0.15, 0.2) is 24.4 Å². The number of aromatic nitrogens is 2. The van der Waals surface area contributed by atoms with Gasteiger partial charge in [0.1, 0.15) is 17.5 Å². The Bertz CT molecular complexity index is 735.